The second-order valence-electron chi connectivity index (χ2n) is 4.97. The Balaban J connectivity index is 1.92. The molecule has 1 saturated carbocycles. The highest BCUT2D eigenvalue weighted by Crippen LogP contribution is 2.27. The summed E-state index contributed by atoms with van der Waals surface area (Å²) < 4.78 is 0. The van der Waals surface area contributed by atoms with Gasteiger partial charge in [-0.05, 0) is 19.8 Å². The van der Waals surface area contributed by atoms with E-state index >= 15 is 0 Å². The predicted molar refractivity (Wildman–Crippen MR) is 56.1 cm³/mol. The molecule has 2 amide bonds. The largest absolute Gasteiger partial charge is 0.355 e. The molecular weight excluding hydrogens is 192 g/mol. The van der Waals surface area contributed by atoms with Gasteiger partial charge in [0.1, 0.15) is 0 Å². The van der Waals surface area contributed by atoms with Crippen LogP contribution in [0.15, 0.2) is 0 Å². The summed E-state index contributed by atoms with van der Waals surface area (Å²) in [5, 5.41) is 5.77. The van der Waals surface area contributed by atoms with Gasteiger partial charge in [-0.15, -0.1) is 0 Å². The fourth-order valence-electron chi connectivity index (χ4n) is 2.36. The molecule has 1 atom stereocenters. The Morgan fingerprint density at radius 2 is 2.13 bits per heavy atom. The lowest BCUT2D eigenvalue weighted by molar-refractivity contribution is -0.131. The highest BCUT2D eigenvalue weighted by atomic mass is 16.2. The van der Waals surface area contributed by atoms with Gasteiger partial charge in [-0.1, -0.05) is 12.8 Å². The first kappa shape index (κ1) is 10.5. The van der Waals surface area contributed by atoms with Crippen LogP contribution in [0.2, 0.25) is 0 Å². The van der Waals surface area contributed by atoms with Gasteiger partial charge < -0.3 is 10.6 Å². The first-order valence-corrected chi connectivity index (χ1v) is 5.68. The van der Waals surface area contributed by atoms with Gasteiger partial charge in [0.05, 0.1) is 5.41 Å². The standard InChI is InChI=1S/C11H18N2O2/c1-11(6-9(14)12-7-11)10(15)13-8-4-2-3-5-8/h8H,2-7H2,1H3,(H,12,14)(H,13,15). The molecule has 15 heavy (non-hydrogen) atoms. The molecule has 2 fully saturated rings. The number of amides is 2. The minimum atomic E-state index is -0.528. The van der Waals surface area contributed by atoms with Gasteiger partial charge in [-0.3, -0.25) is 9.59 Å². The number of hydrogen-bond acceptors (Lipinski definition) is 2. The zero-order valence-electron chi connectivity index (χ0n) is 9.14. The third kappa shape index (κ3) is 2.13. The van der Waals surface area contributed by atoms with Gasteiger partial charge in [0.15, 0.2) is 0 Å². The number of nitrogens with one attached hydrogen (secondary N) is 2. The molecule has 2 N–H and O–H groups in total. The van der Waals surface area contributed by atoms with Crippen LogP contribution in [-0.4, -0.2) is 24.4 Å². The number of carbonyl (C=O) groups excluding carboxylic acids is 2. The molecule has 0 radical (unpaired) electrons. The molecule has 1 unspecified atom stereocenters. The van der Waals surface area contributed by atoms with Crippen molar-refractivity contribution >= 4 is 11.8 Å². The molecule has 4 nitrogen and oxygen atoms in total. The summed E-state index contributed by atoms with van der Waals surface area (Å²) in [5.74, 6) is 0.0202. The van der Waals surface area contributed by atoms with Crippen LogP contribution in [0.1, 0.15) is 39.0 Å². The summed E-state index contributed by atoms with van der Waals surface area (Å²) in [6, 6.07) is 0.338. The van der Waals surface area contributed by atoms with E-state index in [1.54, 1.807) is 0 Å². The van der Waals surface area contributed by atoms with E-state index in [1.807, 2.05) is 6.92 Å². The van der Waals surface area contributed by atoms with E-state index in [2.05, 4.69) is 10.6 Å². The molecule has 0 aromatic heterocycles. The van der Waals surface area contributed by atoms with Crippen molar-refractivity contribution in [3.05, 3.63) is 0 Å². The van der Waals surface area contributed by atoms with Crippen molar-refractivity contribution in [3.8, 4) is 0 Å². The van der Waals surface area contributed by atoms with Gasteiger partial charge in [0.2, 0.25) is 11.8 Å². The molecule has 1 saturated heterocycles. The van der Waals surface area contributed by atoms with E-state index in [0.717, 1.165) is 12.8 Å². The fourth-order valence-corrected chi connectivity index (χ4v) is 2.36. The van der Waals surface area contributed by atoms with E-state index in [9.17, 15) is 9.59 Å². The highest BCUT2D eigenvalue weighted by molar-refractivity contribution is 5.92. The van der Waals surface area contributed by atoms with E-state index in [1.165, 1.54) is 12.8 Å². The Morgan fingerprint density at radius 1 is 1.47 bits per heavy atom. The summed E-state index contributed by atoms with van der Waals surface area (Å²) in [6.07, 6.45) is 4.91. The second kappa shape index (κ2) is 3.83. The summed E-state index contributed by atoms with van der Waals surface area (Å²) in [5.41, 5.74) is -0.528. The summed E-state index contributed by atoms with van der Waals surface area (Å²) >= 11 is 0. The summed E-state index contributed by atoms with van der Waals surface area (Å²) in [7, 11) is 0. The van der Waals surface area contributed by atoms with Crippen molar-refractivity contribution < 1.29 is 9.59 Å². The molecule has 0 spiro atoms. The summed E-state index contributed by atoms with van der Waals surface area (Å²) in [6.45, 7) is 2.33. The molecule has 1 heterocycles. The molecule has 1 aliphatic heterocycles. The molecule has 84 valence electrons. The van der Waals surface area contributed by atoms with Crippen LogP contribution in [-0.2, 0) is 9.59 Å². The van der Waals surface area contributed by atoms with E-state index in [0.29, 0.717) is 19.0 Å². The minimum absolute atomic E-state index is 0.0147. The zero-order chi connectivity index (χ0) is 10.9. The Labute approximate surface area is 89.8 Å². The molecule has 2 rings (SSSR count). The van der Waals surface area contributed by atoms with Crippen LogP contribution in [0.5, 0.6) is 0 Å². The Kier molecular flexibility index (Phi) is 2.67. The SMILES string of the molecule is CC1(C(=O)NC2CCCC2)CNC(=O)C1. The molecule has 1 aliphatic carbocycles. The first-order valence-electron chi connectivity index (χ1n) is 5.68. The van der Waals surface area contributed by atoms with Gasteiger partial charge in [-0.2, -0.15) is 0 Å². The first-order chi connectivity index (χ1) is 7.10. The Bertz CT molecular complexity index is 284. The van der Waals surface area contributed by atoms with Gasteiger partial charge >= 0.3 is 0 Å². The van der Waals surface area contributed by atoms with Gasteiger partial charge in [0, 0.05) is 19.0 Å². The van der Waals surface area contributed by atoms with Crippen molar-refractivity contribution in [2.75, 3.05) is 6.54 Å². The fraction of sp³-hybridized carbons (Fsp3) is 0.818. The van der Waals surface area contributed by atoms with Crippen LogP contribution in [0.3, 0.4) is 0 Å². The normalized spacial score (nSPS) is 31.7. The summed E-state index contributed by atoms with van der Waals surface area (Å²) in [4.78, 5) is 23.1. The van der Waals surface area contributed by atoms with Crippen LogP contribution < -0.4 is 10.6 Å². The van der Waals surface area contributed by atoms with Crippen LogP contribution in [0, 0.1) is 5.41 Å². The van der Waals surface area contributed by atoms with E-state index in [4.69, 9.17) is 0 Å². The molecule has 0 aromatic rings. The van der Waals surface area contributed by atoms with Crippen molar-refractivity contribution in [1.29, 1.82) is 0 Å². The number of hydrogen-bond donors (Lipinski definition) is 2. The van der Waals surface area contributed by atoms with Crippen LogP contribution in [0.25, 0.3) is 0 Å². The number of rotatable bonds is 2. The maximum atomic E-state index is 12.0. The van der Waals surface area contributed by atoms with Crippen LogP contribution in [0.4, 0.5) is 0 Å². The molecule has 4 heteroatoms. The predicted octanol–water partition coefficient (Wildman–Crippen LogP) is 0.571. The molecular formula is C11H18N2O2. The molecule has 2 aliphatic rings. The maximum Gasteiger partial charge on any atom is 0.228 e. The lowest BCUT2D eigenvalue weighted by Gasteiger charge is -2.23. The highest BCUT2D eigenvalue weighted by Gasteiger charge is 2.41. The zero-order valence-corrected chi connectivity index (χ0v) is 9.14. The van der Waals surface area contributed by atoms with E-state index < -0.39 is 5.41 Å². The Hall–Kier alpha value is -1.06. The quantitative estimate of drug-likeness (QED) is 0.700. The van der Waals surface area contributed by atoms with Crippen molar-refractivity contribution in [1.82, 2.24) is 10.6 Å². The average Bonchev–Trinajstić information content (AvgIpc) is 2.77. The molecule has 0 bridgehead atoms. The monoisotopic (exact) mass is 210 g/mol. The third-order valence-corrected chi connectivity index (χ3v) is 3.47. The van der Waals surface area contributed by atoms with Crippen molar-refractivity contribution in [3.63, 3.8) is 0 Å². The van der Waals surface area contributed by atoms with Crippen molar-refractivity contribution in [2.45, 2.75) is 45.1 Å². The number of carbonyl (C=O) groups is 2. The van der Waals surface area contributed by atoms with Crippen LogP contribution >= 0.6 is 0 Å². The minimum Gasteiger partial charge on any atom is -0.355 e. The second-order valence-corrected chi connectivity index (χ2v) is 4.97. The topological polar surface area (TPSA) is 58.2 Å². The van der Waals surface area contributed by atoms with E-state index in [-0.39, 0.29) is 11.8 Å². The van der Waals surface area contributed by atoms with Crippen molar-refractivity contribution in [2.24, 2.45) is 5.41 Å². The molecule has 0 aromatic carbocycles. The lowest BCUT2D eigenvalue weighted by atomic mass is 9.88. The average molecular weight is 210 g/mol. The van der Waals surface area contributed by atoms with Gasteiger partial charge in [0.25, 0.3) is 0 Å². The Morgan fingerprint density at radius 3 is 2.67 bits per heavy atom. The maximum absolute atomic E-state index is 12.0. The third-order valence-electron chi connectivity index (χ3n) is 3.47. The smallest absolute Gasteiger partial charge is 0.228 e. The lowest BCUT2D eigenvalue weighted by Crippen LogP contribution is -2.44. The van der Waals surface area contributed by atoms with Gasteiger partial charge in [-0.25, -0.2) is 0 Å².